The Morgan fingerprint density at radius 3 is 2.21 bits per heavy atom. The third-order valence-electron chi connectivity index (χ3n) is 1.84. The fourth-order valence-corrected chi connectivity index (χ4v) is 3.05. The highest BCUT2D eigenvalue weighted by molar-refractivity contribution is 7.87. The largest absolute Gasteiger partial charge is 0.417 e. The van der Waals surface area contributed by atoms with E-state index in [-0.39, 0.29) is 0 Å². The van der Waals surface area contributed by atoms with Gasteiger partial charge < -0.3 is 9.79 Å². The third kappa shape index (κ3) is 4.59. The summed E-state index contributed by atoms with van der Waals surface area (Å²) in [6.45, 7) is 0. The molecule has 11 heteroatoms. The fraction of sp³-hybridized carbons (Fsp3) is 0.250. The van der Waals surface area contributed by atoms with Gasteiger partial charge in [0, 0.05) is 0 Å². The highest BCUT2D eigenvalue weighted by atomic mass is 32.2. The summed E-state index contributed by atoms with van der Waals surface area (Å²) in [5, 5.41) is 0. The van der Waals surface area contributed by atoms with Gasteiger partial charge in [-0.25, -0.2) is 0 Å². The van der Waals surface area contributed by atoms with Crippen LogP contribution in [0.25, 0.3) is 0 Å². The van der Waals surface area contributed by atoms with Gasteiger partial charge >= 0.3 is 13.8 Å². The molecular formula is C8H8F3O6PS. The van der Waals surface area contributed by atoms with Gasteiger partial charge in [0.2, 0.25) is 0 Å². The van der Waals surface area contributed by atoms with E-state index >= 15 is 0 Å². The van der Waals surface area contributed by atoms with Crippen LogP contribution in [-0.2, 0) is 25.0 Å². The van der Waals surface area contributed by atoms with Crippen LogP contribution in [0.15, 0.2) is 29.2 Å². The summed E-state index contributed by atoms with van der Waals surface area (Å²) in [6, 6.07) is 3.17. The Balaban J connectivity index is 3.20. The van der Waals surface area contributed by atoms with Crippen LogP contribution < -0.4 is 0 Å². The van der Waals surface area contributed by atoms with Crippen LogP contribution in [0.4, 0.5) is 13.2 Å². The molecule has 0 amide bonds. The van der Waals surface area contributed by atoms with Crippen molar-refractivity contribution in [1.82, 2.24) is 0 Å². The van der Waals surface area contributed by atoms with Gasteiger partial charge in [0.25, 0.3) is 10.1 Å². The van der Waals surface area contributed by atoms with Crippen molar-refractivity contribution in [2.75, 3.05) is 6.35 Å². The van der Waals surface area contributed by atoms with Gasteiger partial charge in [0.15, 0.2) is 6.35 Å². The number of rotatable bonds is 4. The van der Waals surface area contributed by atoms with Crippen molar-refractivity contribution in [2.24, 2.45) is 0 Å². The monoisotopic (exact) mass is 320 g/mol. The van der Waals surface area contributed by atoms with Crippen LogP contribution >= 0.6 is 7.60 Å². The zero-order valence-corrected chi connectivity index (χ0v) is 10.7. The molecule has 2 N–H and O–H groups in total. The molecule has 1 aromatic rings. The summed E-state index contributed by atoms with van der Waals surface area (Å²) in [6.07, 6.45) is -6.46. The van der Waals surface area contributed by atoms with Crippen molar-refractivity contribution in [3.63, 3.8) is 0 Å². The molecule has 0 radical (unpaired) electrons. The Morgan fingerprint density at radius 2 is 1.74 bits per heavy atom. The van der Waals surface area contributed by atoms with Gasteiger partial charge in [-0.15, -0.1) is 0 Å². The van der Waals surface area contributed by atoms with E-state index in [1.807, 2.05) is 0 Å². The molecule has 0 unspecified atom stereocenters. The number of hydrogen-bond donors (Lipinski definition) is 2. The standard InChI is InChI=1S/C8H8F3O6PS/c9-8(10,11)6-3-1-2-4-7(6)19(15,16)17-5-18(12,13)14/h1-4H,5H2,(H2,12,13,14). The van der Waals surface area contributed by atoms with Gasteiger partial charge in [0.05, 0.1) is 5.56 Å². The molecule has 0 saturated heterocycles. The van der Waals surface area contributed by atoms with Crippen molar-refractivity contribution >= 4 is 17.7 Å². The summed E-state index contributed by atoms with van der Waals surface area (Å²) in [5.74, 6) is 0. The first-order chi connectivity index (χ1) is 8.43. The Kier molecular flexibility index (Phi) is 4.43. The molecule has 0 spiro atoms. The molecule has 1 aromatic carbocycles. The molecule has 0 atom stereocenters. The van der Waals surface area contributed by atoms with E-state index in [0.717, 1.165) is 12.1 Å². The maximum Gasteiger partial charge on any atom is 0.417 e. The van der Waals surface area contributed by atoms with Gasteiger partial charge in [-0.3, -0.25) is 8.75 Å². The van der Waals surface area contributed by atoms with Gasteiger partial charge in [-0.2, -0.15) is 21.6 Å². The summed E-state index contributed by atoms with van der Waals surface area (Å²) < 4.78 is 75.1. The highest BCUT2D eigenvalue weighted by Crippen LogP contribution is 2.38. The third-order valence-corrected chi connectivity index (χ3v) is 3.80. The number of alkyl halides is 3. The smallest absolute Gasteiger partial charge is 0.323 e. The fourth-order valence-electron chi connectivity index (χ4n) is 1.12. The van der Waals surface area contributed by atoms with Crippen LogP contribution in [0.5, 0.6) is 0 Å². The van der Waals surface area contributed by atoms with E-state index in [1.54, 1.807) is 0 Å². The minimum absolute atomic E-state index is 0.522. The second-order valence-corrected chi connectivity index (χ2v) is 6.53. The van der Waals surface area contributed by atoms with Crippen molar-refractivity contribution in [3.8, 4) is 0 Å². The Labute approximate surface area is 106 Å². The first kappa shape index (κ1) is 16.1. The lowest BCUT2D eigenvalue weighted by atomic mass is 10.2. The van der Waals surface area contributed by atoms with E-state index in [4.69, 9.17) is 9.79 Å². The predicted octanol–water partition coefficient (Wildman–Crippen LogP) is 1.55. The normalized spacial score (nSPS) is 13.5. The van der Waals surface area contributed by atoms with Crippen LogP contribution in [0.2, 0.25) is 0 Å². The average Bonchev–Trinajstić information content (AvgIpc) is 2.25. The summed E-state index contributed by atoms with van der Waals surface area (Å²) in [7, 11) is -9.74. The molecule has 0 aromatic heterocycles. The molecule has 108 valence electrons. The molecule has 0 fully saturated rings. The lowest BCUT2D eigenvalue weighted by molar-refractivity contribution is -0.140. The Morgan fingerprint density at radius 1 is 1.21 bits per heavy atom. The van der Waals surface area contributed by atoms with Crippen LogP contribution in [0.1, 0.15) is 5.56 Å². The zero-order valence-electron chi connectivity index (χ0n) is 9.03. The summed E-state index contributed by atoms with van der Waals surface area (Å²) in [4.78, 5) is 15.7. The van der Waals surface area contributed by atoms with Crippen molar-refractivity contribution in [3.05, 3.63) is 29.8 Å². The van der Waals surface area contributed by atoms with E-state index in [9.17, 15) is 26.2 Å². The average molecular weight is 320 g/mol. The lowest BCUT2D eigenvalue weighted by Crippen LogP contribution is -2.15. The second-order valence-electron chi connectivity index (χ2n) is 3.36. The number of hydrogen-bond acceptors (Lipinski definition) is 4. The van der Waals surface area contributed by atoms with E-state index < -0.39 is 40.7 Å². The summed E-state index contributed by atoms with van der Waals surface area (Å²) in [5.41, 5.74) is -1.47. The first-order valence-electron chi connectivity index (χ1n) is 4.54. The maximum absolute atomic E-state index is 12.6. The van der Waals surface area contributed by atoms with E-state index in [0.29, 0.717) is 12.1 Å². The zero-order chi connectivity index (χ0) is 14.9. The van der Waals surface area contributed by atoms with Gasteiger partial charge in [-0.05, 0) is 12.1 Å². The van der Waals surface area contributed by atoms with E-state index in [1.165, 1.54) is 0 Å². The van der Waals surface area contributed by atoms with Gasteiger partial charge in [-0.1, -0.05) is 12.1 Å². The Bertz CT molecular complexity index is 605. The molecule has 0 aliphatic carbocycles. The minimum atomic E-state index is -4.94. The van der Waals surface area contributed by atoms with E-state index in [2.05, 4.69) is 4.18 Å². The molecule has 1 rings (SSSR count). The second kappa shape index (κ2) is 5.22. The maximum atomic E-state index is 12.6. The van der Waals surface area contributed by atoms with Crippen LogP contribution in [0.3, 0.4) is 0 Å². The minimum Gasteiger partial charge on any atom is -0.323 e. The molecule has 0 saturated carbocycles. The molecular weight excluding hydrogens is 312 g/mol. The molecule has 0 heterocycles. The highest BCUT2D eigenvalue weighted by Gasteiger charge is 2.37. The predicted molar refractivity (Wildman–Crippen MR) is 56.6 cm³/mol. The first-order valence-corrected chi connectivity index (χ1v) is 7.74. The molecule has 0 aliphatic heterocycles. The van der Waals surface area contributed by atoms with Crippen LogP contribution in [-0.4, -0.2) is 24.6 Å². The molecule has 6 nitrogen and oxygen atoms in total. The van der Waals surface area contributed by atoms with Crippen molar-refractivity contribution in [1.29, 1.82) is 0 Å². The molecule has 19 heavy (non-hydrogen) atoms. The number of benzene rings is 1. The lowest BCUT2D eigenvalue weighted by Gasteiger charge is -2.13. The molecule has 0 aliphatic rings. The number of halogens is 3. The van der Waals surface area contributed by atoms with Crippen molar-refractivity contribution in [2.45, 2.75) is 11.1 Å². The van der Waals surface area contributed by atoms with Crippen LogP contribution in [0, 0.1) is 0 Å². The van der Waals surface area contributed by atoms with Gasteiger partial charge in [0.1, 0.15) is 4.90 Å². The quantitative estimate of drug-likeness (QED) is 0.645. The van der Waals surface area contributed by atoms with Crippen molar-refractivity contribution < 1.29 is 40.1 Å². The molecule has 0 bridgehead atoms. The topological polar surface area (TPSA) is 101 Å². The SMILES string of the molecule is O=P(O)(O)COS(=O)(=O)c1ccccc1C(F)(F)F. The Hall–Kier alpha value is -0.930. The summed E-state index contributed by atoms with van der Waals surface area (Å²) >= 11 is 0.